The summed E-state index contributed by atoms with van der Waals surface area (Å²) in [5.74, 6) is -2.49. The van der Waals surface area contributed by atoms with Crippen LogP contribution in [0.25, 0.3) is 11.3 Å². The van der Waals surface area contributed by atoms with E-state index >= 15 is 0 Å². The molecule has 148 valence electrons. The minimum Gasteiger partial charge on any atom is -0.478 e. The summed E-state index contributed by atoms with van der Waals surface area (Å²) in [5.41, 5.74) is -1.37. The lowest BCUT2D eigenvalue weighted by atomic mass is 9.87. The van der Waals surface area contributed by atoms with Crippen LogP contribution in [0.4, 0.5) is 10.2 Å². The summed E-state index contributed by atoms with van der Waals surface area (Å²) >= 11 is 5.88. The van der Waals surface area contributed by atoms with Crippen molar-refractivity contribution in [2.24, 2.45) is 5.41 Å². The molecule has 2 heterocycles. The Morgan fingerprint density at radius 1 is 1.39 bits per heavy atom. The number of hydrogen-bond donors (Lipinski definition) is 2. The second-order valence-corrected chi connectivity index (χ2v) is 7.01. The average Bonchev–Trinajstić information content (AvgIpc) is 3.03. The first kappa shape index (κ1) is 20.0. The van der Waals surface area contributed by atoms with Crippen molar-refractivity contribution in [3.05, 3.63) is 40.7 Å². The number of carboxylic acid groups (broad SMARTS) is 1. The number of aromatic nitrogens is 2. The Morgan fingerprint density at radius 2 is 2.14 bits per heavy atom. The molecule has 1 aromatic heterocycles. The smallest absolute Gasteiger partial charge is 0.339 e. The number of anilines is 1. The van der Waals surface area contributed by atoms with Crippen LogP contribution < -0.4 is 4.90 Å². The van der Waals surface area contributed by atoms with Crippen molar-refractivity contribution in [1.29, 1.82) is 0 Å². The van der Waals surface area contributed by atoms with Crippen LogP contribution in [0.15, 0.2) is 24.3 Å². The Bertz CT molecular complexity index is 941. The molecule has 1 aliphatic heterocycles. The highest BCUT2D eigenvalue weighted by Crippen LogP contribution is 2.33. The summed E-state index contributed by atoms with van der Waals surface area (Å²) in [7, 11) is 1.53. The van der Waals surface area contributed by atoms with Crippen molar-refractivity contribution in [3.8, 4) is 11.3 Å². The van der Waals surface area contributed by atoms with Crippen molar-refractivity contribution in [1.82, 2.24) is 10.2 Å². The molecule has 1 fully saturated rings. The van der Waals surface area contributed by atoms with Gasteiger partial charge in [0.1, 0.15) is 16.8 Å². The van der Waals surface area contributed by atoms with Gasteiger partial charge in [0.25, 0.3) is 0 Å². The van der Waals surface area contributed by atoms with E-state index in [1.165, 1.54) is 30.1 Å². The van der Waals surface area contributed by atoms with Crippen LogP contribution in [0.1, 0.15) is 16.8 Å². The van der Waals surface area contributed by atoms with Gasteiger partial charge < -0.3 is 19.8 Å². The van der Waals surface area contributed by atoms with Crippen molar-refractivity contribution >= 4 is 29.4 Å². The summed E-state index contributed by atoms with van der Waals surface area (Å²) in [6.07, 6.45) is 0.300. The number of aliphatic hydroxyl groups excluding tert-OH is 1. The maximum absolute atomic E-state index is 14.1. The average molecular weight is 410 g/mol. The topological polar surface area (TPSA) is 113 Å². The fraction of sp³-hybridized carbons (Fsp3) is 0.333. The summed E-state index contributed by atoms with van der Waals surface area (Å²) < 4.78 is 19.0. The molecule has 1 aliphatic rings. The van der Waals surface area contributed by atoms with Gasteiger partial charge in [0.05, 0.1) is 18.9 Å². The molecule has 0 aliphatic carbocycles. The van der Waals surface area contributed by atoms with Gasteiger partial charge in [0.2, 0.25) is 0 Å². The van der Waals surface area contributed by atoms with E-state index in [9.17, 15) is 24.2 Å². The number of ether oxygens (including phenoxy) is 1. The Labute approximate surface area is 164 Å². The van der Waals surface area contributed by atoms with Gasteiger partial charge in [-0.1, -0.05) is 11.6 Å². The third-order valence-corrected chi connectivity index (χ3v) is 4.90. The van der Waals surface area contributed by atoms with Crippen LogP contribution in [-0.2, 0) is 9.53 Å². The zero-order valence-corrected chi connectivity index (χ0v) is 15.6. The van der Waals surface area contributed by atoms with Crippen LogP contribution >= 0.6 is 11.6 Å². The van der Waals surface area contributed by atoms with Gasteiger partial charge in [-0.15, -0.1) is 10.2 Å². The molecule has 1 aromatic carbocycles. The van der Waals surface area contributed by atoms with E-state index in [0.29, 0.717) is 6.42 Å². The van der Waals surface area contributed by atoms with Gasteiger partial charge in [0, 0.05) is 30.6 Å². The molecule has 2 aromatic rings. The van der Waals surface area contributed by atoms with Crippen molar-refractivity contribution in [2.45, 2.75) is 6.42 Å². The number of esters is 1. The third-order valence-electron chi connectivity index (χ3n) is 4.66. The van der Waals surface area contributed by atoms with E-state index in [2.05, 4.69) is 10.2 Å². The highest BCUT2D eigenvalue weighted by atomic mass is 35.5. The molecule has 1 unspecified atom stereocenters. The van der Waals surface area contributed by atoms with Gasteiger partial charge in [0.15, 0.2) is 5.82 Å². The molecule has 0 radical (unpaired) electrons. The van der Waals surface area contributed by atoms with Gasteiger partial charge in [-0.2, -0.15) is 0 Å². The zero-order valence-electron chi connectivity index (χ0n) is 14.9. The maximum atomic E-state index is 14.1. The van der Waals surface area contributed by atoms with E-state index in [1.807, 2.05) is 0 Å². The molecular formula is C18H17ClFN3O5. The predicted molar refractivity (Wildman–Crippen MR) is 97.8 cm³/mol. The number of carboxylic acids is 1. The van der Waals surface area contributed by atoms with E-state index < -0.39 is 29.8 Å². The first-order valence-corrected chi connectivity index (χ1v) is 8.71. The van der Waals surface area contributed by atoms with Gasteiger partial charge >= 0.3 is 11.9 Å². The predicted octanol–water partition coefficient (Wildman–Crippen LogP) is 2.00. The maximum Gasteiger partial charge on any atom is 0.339 e. The number of carbonyl (C=O) groups is 2. The number of aromatic carboxylic acids is 1. The number of rotatable bonds is 6. The Balaban J connectivity index is 1.99. The standard InChI is InChI=1S/C18H17ClFN3O5/c1-23(8-18(9-24)4-5-28-17(18)27)15-12(16(25)26)7-14(21-22-15)11-6-10(19)2-3-13(11)20/h2-3,6-7,24H,4-5,8-9H2,1H3,(H,25,26). The summed E-state index contributed by atoms with van der Waals surface area (Å²) in [4.78, 5) is 25.2. The highest BCUT2D eigenvalue weighted by Gasteiger charge is 2.45. The monoisotopic (exact) mass is 409 g/mol. The summed E-state index contributed by atoms with van der Waals surface area (Å²) in [5, 5.41) is 27.4. The molecule has 0 amide bonds. The van der Waals surface area contributed by atoms with Crippen molar-refractivity contribution in [2.75, 3.05) is 31.7 Å². The second-order valence-electron chi connectivity index (χ2n) is 6.58. The number of hydrogen-bond acceptors (Lipinski definition) is 7. The fourth-order valence-corrected chi connectivity index (χ4v) is 3.28. The normalized spacial score (nSPS) is 18.8. The van der Waals surface area contributed by atoms with Crippen molar-refractivity contribution in [3.63, 3.8) is 0 Å². The quantitative estimate of drug-likeness (QED) is 0.696. The molecule has 8 nitrogen and oxygen atoms in total. The molecule has 0 saturated carbocycles. The highest BCUT2D eigenvalue weighted by molar-refractivity contribution is 6.30. The zero-order chi connectivity index (χ0) is 20.5. The first-order chi connectivity index (χ1) is 13.3. The number of nitrogens with zero attached hydrogens (tertiary/aromatic N) is 3. The largest absolute Gasteiger partial charge is 0.478 e. The number of halogens is 2. The third kappa shape index (κ3) is 3.63. The second kappa shape index (κ2) is 7.69. The minimum atomic E-state index is -1.30. The van der Waals surface area contributed by atoms with Gasteiger partial charge in [-0.3, -0.25) is 4.79 Å². The molecule has 1 atom stereocenters. The summed E-state index contributed by atoms with van der Waals surface area (Å²) in [6, 6.07) is 5.03. The molecular weight excluding hydrogens is 393 g/mol. The number of aliphatic hydroxyl groups is 1. The van der Waals surface area contributed by atoms with E-state index in [-0.39, 0.29) is 40.8 Å². The molecule has 2 N–H and O–H groups in total. The lowest BCUT2D eigenvalue weighted by Crippen LogP contribution is -2.42. The molecule has 28 heavy (non-hydrogen) atoms. The lowest BCUT2D eigenvalue weighted by Gasteiger charge is -2.29. The molecule has 3 rings (SSSR count). The molecule has 0 spiro atoms. The first-order valence-electron chi connectivity index (χ1n) is 8.33. The summed E-state index contributed by atoms with van der Waals surface area (Å²) in [6.45, 7) is -0.280. The SMILES string of the molecule is CN(CC1(CO)CCOC1=O)c1nnc(-c2cc(Cl)ccc2F)cc1C(=O)O. The number of carbonyl (C=O) groups excluding carboxylic acids is 1. The van der Waals surface area contributed by atoms with Gasteiger partial charge in [-0.05, 0) is 24.3 Å². The number of cyclic esters (lactones) is 1. The Hall–Kier alpha value is -2.78. The van der Waals surface area contributed by atoms with E-state index in [4.69, 9.17) is 16.3 Å². The lowest BCUT2D eigenvalue weighted by molar-refractivity contribution is -0.147. The fourth-order valence-electron chi connectivity index (χ4n) is 3.11. The molecule has 0 bridgehead atoms. The van der Waals surface area contributed by atoms with Crippen LogP contribution in [0, 0.1) is 11.2 Å². The minimum absolute atomic E-state index is 0.00620. The molecule has 1 saturated heterocycles. The van der Waals surface area contributed by atoms with Crippen LogP contribution in [0.3, 0.4) is 0 Å². The van der Waals surface area contributed by atoms with Crippen molar-refractivity contribution < 1.29 is 28.9 Å². The Morgan fingerprint density at radius 3 is 2.75 bits per heavy atom. The Kier molecular flexibility index (Phi) is 5.48. The van der Waals surface area contributed by atoms with E-state index in [1.54, 1.807) is 0 Å². The molecule has 10 heteroatoms. The number of benzene rings is 1. The van der Waals surface area contributed by atoms with E-state index in [0.717, 1.165) is 6.07 Å². The van der Waals surface area contributed by atoms with Crippen LogP contribution in [0.2, 0.25) is 5.02 Å². The van der Waals surface area contributed by atoms with Crippen LogP contribution in [-0.4, -0.2) is 59.2 Å². The van der Waals surface area contributed by atoms with Gasteiger partial charge in [-0.25, -0.2) is 9.18 Å². The van der Waals surface area contributed by atoms with Crippen LogP contribution in [0.5, 0.6) is 0 Å².